The Morgan fingerprint density at radius 3 is 2.14 bits per heavy atom. The smallest absolute Gasteiger partial charge is 0.455 e. The molecule has 0 aliphatic rings. The summed E-state index contributed by atoms with van der Waals surface area (Å²) in [6, 6.07) is 0. The van der Waals surface area contributed by atoms with Crippen LogP contribution < -0.4 is 0 Å². The molecule has 82 valence electrons. The van der Waals surface area contributed by atoms with Crippen LogP contribution in [0.4, 0.5) is 22.1 Å². The summed E-state index contributed by atoms with van der Waals surface area (Å²) in [5.41, 5.74) is 0. The van der Waals surface area contributed by atoms with E-state index in [1.54, 1.807) is 0 Å². The highest BCUT2D eigenvalue weighted by Gasteiger charge is 2.60. The highest BCUT2D eigenvalue weighted by Crippen LogP contribution is 2.35. The van der Waals surface area contributed by atoms with Gasteiger partial charge in [0, 0.05) is 6.08 Å². The molecular formula is C6H5F5O3. The first-order valence-corrected chi connectivity index (χ1v) is 3.11. The number of esters is 1. The minimum atomic E-state index is -5.64. The number of hydrogen-bond acceptors (Lipinski definition) is 3. The van der Waals surface area contributed by atoms with Crippen molar-refractivity contribution in [3.63, 3.8) is 0 Å². The number of carbonyl (C=O) groups is 1. The maximum Gasteiger partial charge on any atom is 0.455 e. The first kappa shape index (κ1) is 12.8. The van der Waals surface area contributed by atoms with Gasteiger partial charge in [-0.2, -0.15) is 17.6 Å². The van der Waals surface area contributed by atoms with Crippen LogP contribution in [0.25, 0.3) is 0 Å². The minimum absolute atomic E-state index is 0.495. The van der Waals surface area contributed by atoms with Crippen molar-refractivity contribution >= 4 is 5.97 Å². The lowest BCUT2D eigenvalue weighted by Crippen LogP contribution is -2.46. The van der Waals surface area contributed by atoms with Gasteiger partial charge in [-0.05, 0) is 4.53 Å². The van der Waals surface area contributed by atoms with Gasteiger partial charge in [0.05, 0.1) is 0 Å². The summed E-state index contributed by atoms with van der Waals surface area (Å²) in [4.78, 5) is 12.3. The summed E-state index contributed by atoms with van der Waals surface area (Å²) in [6.45, 7) is 0.904. The van der Waals surface area contributed by atoms with Crippen LogP contribution in [0.2, 0.25) is 0 Å². The normalized spacial score (nSPS) is 15.8. The zero-order chi connectivity index (χ0) is 11.4. The molecule has 0 aliphatic carbocycles. The predicted molar refractivity (Wildman–Crippen MR) is 33.2 cm³/mol. The molecule has 1 atom stereocenters. The molecule has 0 bridgehead atoms. The van der Waals surface area contributed by atoms with Crippen molar-refractivity contribution in [1.29, 1.82) is 0 Å². The third-order valence-corrected chi connectivity index (χ3v) is 1.11. The van der Waals surface area contributed by atoms with E-state index in [1.807, 2.05) is 0 Å². The van der Waals surface area contributed by atoms with E-state index in [0.717, 1.165) is 0 Å². The van der Waals surface area contributed by atoms with Crippen molar-refractivity contribution in [2.75, 3.05) is 6.61 Å². The van der Waals surface area contributed by atoms with Gasteiger partial charge in [0.15, 0.2) is 6.61 Å². The van der Waals surface area contributed by atoms with Gasteiger partial charge < -0.3 is 4.74 Å². The second-order valence-corrected chi connectivity index (χ2v) is 2.12. The zero-order valence-corrected chi connectivity index (χ0v) is 6.61. The van der Waals surface area contributed by atoms with Crippen molar-refractivity contribution in [2.24, 2.45) is 0 Å². The Kier molecular flexibility index (Phi) is 3.99. The lowest BCUT2D eigenvalue weighted by atomic mass is 10.3. The molecule has 0 saturated carbocycles. The van der Waals surface area contributed by atoms with Gasteiger partial charge >= 0.3 is 18.0 Å². The molecule has 0 aromatic rings. The van der Waals surface area contributed by atoms with Gasteiger partial charge in [-0.15, -0.1) is 4.94 Å². The number of carbonyl (C=O) groups excluding carboxylic acids is 1. The van der Waals surface area contributed by atoms with Crippen molar-refractivity contribution in [3.05, 3.63) is 12.7 Å². The summed E-state index contributed by atoms with van der Waals surface area (Å²) >= 11 is 0. The van der Waals surface area contributed by atoms with Crippen molar-refractivity contribution < 1.29 is 36.6 Å². The maximum absolute atomic E-state index is 12.5. The third-order valence-electron chi connectivity index (χ3n) is 1.11. The van der Waals surface area contributed by atoms with Gasteiger partial charge in [0.25, 0.3) is 0 Å². The third kappa shape index (κ3) is 2.95. The molecule has 0 saturated heterocycles. The van der Waals surface area contributed by atoms with Crippen molar-refractivity contribution in [2.45, 2.75) is 12.0 Å². The molecule has 0 amide bonds. The fraction of sp³-hybridized carbons (Fsp3) is 0.500. The average Bonchev–Trinajstić information content (AvgIpc) is 2.11. The first-order chi connectivity index (χ1) is 6.27. The molecule has 0 spiro atoms. The highest BCUT2D eigenvalue weighted by molar-refractivity contribution is 5.81. The van der Waals surface area contributed by atoms with Crippen LogP contribution >= 0.6 is 0 Å². The van der Waals surface area contributed by atoms with Crippen LogP contribution in [0, 0.1) is 0 Å². The van der Waals surface area contributed by atoms with Gasteiger partial charge in [-0.3, -0.25) is 0 Å². The molecule has 14 heavy (non-hydrogen) atoms. The summed E-state index contributed by atoms with van der Waals surface area (Å²) in [5, 5.41) is 0. The Balaban J connectivity index is 4.42. The van der Waals surface area contributed by atoms with Gasteiger partial charge in [0.2, 0.25) is 0 Å². The first-order valence-electron chi connectivity index (χ1n) is 3.11. The molecule has 1 unspecified atom stereocenters. The molecule has 0 rings (SSSR count). The lowest BCUT2D eigenvalue weighted by Gasteiger charge is -2.21. The van der Waals surface area contributed by atoms with Crippen LogP contribution in [0.1, 0.15) is 0 Å². The molecule has 0 heterocycles. The molecular weight excluding hydrogens is 215 g/mol. The zero-order valence-electron chi connectivity index (χ0n) is 6.61. The van der Waals surface area contributed by atoms with E-state index in [2.05, 4.69) is 16.3 Å². The standard InChI is InChI=1S/C6H5F5O3/c1-2-4(12)13-3-5(7,14-11)6(8,9)10/h2H,1,3H2. The van der Waals surface area contributed by atoms with E-state index >= 15 is 0 Å². The second-order valence-electron chi connectivity index (χ2n) is 2.12. The molecule has 0 aromatic heterocycles. The van der Waals surface area contributed by atoms with Crippen LogP contribution in [0.15, 0.2) is 12.7 Å². The fourth-order valence-electron chi connectivity index (χ4n) is 0.371. The largest absolute Gasteiger partial charge is 0.456 e. The van der Waals surface area contributed by atoms with Crippen LogP contribution in [-0.2, 0) is 14.5 Å². The Morgan fingerprint density at radius 2 is 1.86 bits per heavy atom. The lowest BCUT2D eigenvalue weighted by molar-refractivity contribution is -0.408. The Labute approximate surface area is 75.0 Å². The van der Waals surface area contributed by atoms with E-state index in [-0.39, 0.29) is 0 Å². The summed E-state index contributed by atoms with van der Waals surface area (Å²) < 4.78 is 62.5. The molecule has 0 aromatic carbocycles. The van der Waals surface area contributed by atoms with E-state index < -0.39 is 24.6 Å². The highest BCUT2D eigenvalue weighted by atomic mass is 19.4. The van der Waals surface area contributed by atoms with Crippen LogP contribution in [0.3, 0.4) is 0 Å². The van der Waals surface area contributed by atoms with Crippen LogP contribution in [-0.4, -0.2) is 24.6 Å². The van der Waals surface area contributed by atoms with Crippen LogP contribution in [0.5, 0.6) is 0 Å². The van der Waals surface area contributed by atoms with Gasteiger partial charge in [0.1, 0.15) is 0 Å². The van der Waals surface area contributed by atoms with E-state index in [4.69, 9.17) is 0 Å². The van der Waals surface area contributed by atoms with E-state index in [0.29, 0.717) is 6.08 Å². The number of rotatable bonds is 4. The maximum atomic E-state index is 12.5. The van der Waals surface area contributed by atoms with Crippen molar-refractivity contribution in [1.82, 2.24) is 0 Å². The van der Waals surface area contributed by atoms with E-state index in [9.17, 15) is 26.9 Å². The number of ether oxygens (including phenoxy) is 1. The molecule has 0 N–H and O–H groups in total. The summed E-state index contributed by atoms with van der Waals surface area (Å²) in [6.07, 6.45) is -5.14. The Bertz CT molecular complexity index is 226. The molecule has 0 fully saturated rings. The number of hydrogen-bond donors (Lipinski definition) is 0. The van der Waals surface area contributed by atoms with E-state index in [1.165, 1.54) is 0 Å². The summed E-state index contributed by atoms with van der Waals surface area (Å²) in [5.74, 6) is -5.97. The topological polar surface area (TPSA) is 35.5 Å². The molecule has 0 radical (unpaired) electrons. The van der Waals surface area contributed by atoms with Crippen molar-refractivity contribution in [3.8, 4) is 0 Å². The Hall–Kier alpha value is -1.18. The average molecular weight is 220 g/mol. The number of halogens is 5. The molecule has 0 aliphatic heterocycles. The SMILES string of the molecule is C=CC(=O)OCC(F)(OF)C(F)(F)F. The molecule has 8 heteroatoms. The molecule has 3 nitrogen and oxygen atoms in total. The Morgan fingerprint density at radius 1 is 1.36 bits per heavy atom. The number of alkyl halides is 4. The monoisotopic (exact) mass is 220 g/mol. The minimum Gasteiger partial charge on any atom is -0.456 e. The van der Waals surface area contributed by atoms with Gasteiger partial charge in [-0.1, -0.05) is 6.58 Å². The fourth-order valence-corrected chi connectivity index (χ4v) is 0.371. The predicted octanol–water partition coefficient (Wildman–Crippen LogP) is 1.84. The summed E-state index contributed by atoms with van der Waals surface area (Å²) in [7, 11) is 0. The quantitative estimate of drug-likeness (QED) is 0.412. The van der Waals surface area contributed by atoms with Gasteiger partial charge in [-0.25, -0.2) is 4.79 Å². The second kappa shape index (κ2) is 4.36.